The third-order valence-corrected chi connectivity index (χ3v) is 5.37. The van der Waals surface area contributed by atoms with E-state index in [4.69, 9.17) is 0 Å². The van der Waals surface area contributed by atoms with Gasteiger partial charge in [-0.2, -0.15) is 26.3 Å². The molecule has 0 bridgehead atoms. The molecule has 2 heterocycles. The van der Waals surface area contributed by atoms with E-state index in [2.05, 4.69) is 4.98 Å². The Kier molecular flexibility index (Phi) is 3.79. The van der Waals surface area contributed by atoms with Crippen LogP contribution in [0.2, 0.25) is 0 Å². The molecule has 0 amide bonds. The molecule has 0 spiro atoms. The Bertz CT molecular complexity index is 868. The van der Waals surface area contributed by atoms with Crippen molar-refractivity contribution in [1.82, 2.24) is 4.98 Å². The summed E-state index contributed by atoms with van der Waals surface area (Å²) in [5, 5.41) is 0. The number of hydrogen-bond donors (Lipinski definition) is 0. The predicted octanol–water partition coefficient (Wildman–Crippen LogP) is 6.03. The summed E-state index contributed by atoms with van der Waals surface area (Å²) in [5.74, 6) is -19.5. The highest BCUT2D eigenvalue weighted by molar-refractivity contribution is 7.16. The molecular weight excluding hydrogens is 371 g/mol. The van der Waals surface area contributed by atoms with E-state index in [-0.39, 0.29) is 10.4 Å². The Morgan fingerprint density at radius 1 is 0.920 bits per heavy atom. The molecule has 2 aromatic heterocycles. The van der Waals surface area contributed by atoms with E-state index in [1.165, 1.54) is 26.2 Å². The average Bonchev–Trinajstić information content (AvgIpc) is 2.87. The van der Waals surface area contributed by atoms with Crippen molar-refractivity contribution in [2.45, 2.75) is 31.6 Å². The number of nitrogens with zero attached hydrogens (tertiary/aromatic N) is 1. The van der Waals surface area contributed by atoms with Gasteiger partial charge in [-0.25, -0.2) is 4.39 Å². The summed E-state index contributed by atoms with van der Waals surface area (Å²) in [6.07, 6.45) is 2.85. The molecule has 25 heavy (non-hydrogen) atoms. The van der Waals surface area contributed by atoms with Crippen molar-refractivity contribution in [2.75, 3.05) is 0 Å². The van der Waals surface area contributed by atoms with E-state index in [9.17, 15) is 30.7 Å². The van der Waals surface area contributed by atoms with E-state index >= 15 is 0 Å². The van der Waals surface area contributed by atoms with Crippen LogP contribution < -0.4 is 0 Å². The van der Waals surface area contributed by atoms with Gasteiger partial charge >= 0.3 is 17.8 Å². The van der Waals surface area contributed by atoms with Gasteiger partial charge in [0.15, 0.2) is 5.83 Å². The van der Waals surface area contributed by atoms with Crippen LogP contribution in [0.3, 0.4) is 0 Å². The van der Waals surface area contributed by atoms with Gasteiger partial charge in [0.2, 0.25) is 0 Å². The maximum absolute atomic E-state index is 14.1. The Labute approximate surface area is 141 Å². The van der Waals surface area contributed by atoms with Crippen molar-refractivity contribution < 1.29 is 30.7 Å². The summed E-state index contributed by atoms with van der Waals surface area (Å²) in [6.45, 7) is 2.60. The number of hydrogen-bond acceptors (Lipinski definition) is 2. The third kappa shape index (κ3) is 2.17. The minimum Gasteiger partial charge on any atom is -0.265 e. The zero-order chi connectivity index (χ0) is 18.8. The molecule has 134 valence electrons. The molecule has 0 fully saturated rings. The molecule has 0 aliphatic heterocycles. The molecule has 3 rings (SSSR count). The summed E-state index contributed by atoms with van der Waals surface area (Å²) in [6, 6.07) is 3.09. The fraction of sp³-hybridized carbons (Fsp3) is 0.312. The molecule has 0 aromatic carbocycles. The van der Waals surface area contributed by atoms with Crippen LogP contribution >= 0.6 is 11.3 Å². The van der Waals surface area contributed by atoms with E-state index in [1.54, 1.807) is 12.1 Å². The minimum atomic E-state index is -5.84. The molecule has 0 unspecified atom stereocenters. The highest BCUT2D eigenvalue weighted by Gasteiger charge is 2.81. The molecule has 1 aliphatic carbocycles. The van der Waals surface area contributed by atoms with Crippen molar-refractivity contribution in [1.29, 1.82) is 0 Å². The molecule has 2 aromatic rings. The number of halogens is 7. The fourth-order valence-corrected chi connectivity index (χ4v) is 4.03. The third-order valence-electron chi connectivity index (χ3n) is 4.11. The van der Waals surface area contributed by atoms with Crippen LogP contribution in [0.25, 0.3) is 16.0 Å². The standard InChI is InChI=1S/C16H10F7NS/c1-7-10(8(2)25-12(7)9-3-5-24-6-4-9)11-13(17)15(20,21)16(22,23)14(11,18)19/h3-6H,1-2H3. The second-order valence-corrected chi connectivity index (χ2v) is 6.86. The summed E-state index contributed by atoms with van der Waals surface area (Å²) in [5.41, 5.74) is -1.97. The molecule has 0 N–H and O–H groups in total. The Morgan fingerprint density at radius 2 is 1.48 bits per heavy atom. The van der Waals surface area contributed by atoms with Gasteiger partial charge in [0, 0.05) is 27.7 Å². The van der Waals surface area contributed by atoms with E-state index in [0.29, 0.717) is 10.4 Å². The van der Waals surface area contributed by atoms with Crippen LogP contribution in [0.4, 0.5) is 30.7 Å². The summed E-state index contributed by atoms with van der Waals surface area (Å²) in [4.78, 5) is 4.23. The van der Waals surface area contributed by atoms with Crippen molar-refractivity contribution in [3.8, 4) is 10.4 Å². The number of rotatable bonds is 2. The van der Waals surface area contributed by atoms with Gasteiger partial charge in [-0.05, 0) is 37.1 Å². The van der Waals surface area contributed by atoms with Gasteiger partial charge in [-0.15, -0.1) is 11.3 Å². The lowest BCUT2D eigenvalue weighted by atomic mass is 9.96. The minimum absolute atomic E-state index is 0.0343. The Balaban J connectivity index is 2.28. The SMILES string of the molecule is Cc1sc(-c2ccncc2)c(C)c1C1=C(F)C(F)(F)C(F)(F)C1(F)F. The molecule has 0 atom stereocenters. The molecular formula is C16H10F7NS. The Morgan fingerprint density at radius 3 is 1.96 bits per heavy atom. The van der Waals surface area contributed by atoms with Crippen LogP contribution in [-0.4, -0.2) is 22.8 Å². The first-order chi connectivity index (χ1) is 11.4. The van der Waals surface area contributed by atoms with Gasteiger partial charge in [0.25, 0.3) is 0 Å². The maximum Gasteiger partial charge on any atom is 0.383 e. The maximum atomic E-state index is 14.1. The summed E-state index contributed by atoms with van der Waals surface area (Å²) >= 11 is 0.932. The number of aryl methyl sites for hydroxylation is 1. The largest absolute Gasteiger partial charge is 0.383 e. The number of pyridine rings is 1. The van der Waals surface area contributed by atoms with Crippen LogP contribution in [-0.2, 0) is 0 Å². The lowest BCUT2D eigenvalue weighted by Gasteiger charge is -2.24. The molecule has 0 radical (unpaired) electrons. The van der Waals surface area contributed by atoms with E-state index in [1.807, 2.05) is 0 Å². The van der Waals surface area contributed by atoms with Crippen LogP contribution in [0.1, 0.15) is 16.0 Å². The topological polar surface area (TPSA) is 12.9 Å². The first-order valence-corrected chi connectivity index (χ1v) is 7.81. The van der Waals surface area contributed by atoms with Crippen LogP contribution in [0.15, 0.2) is 30.4 Å². The summed E-state index contributed by atoms with van der Waals surface area (Å²) in [7, 11) is 0. The monoisotopic (exact) mass is 381 g/mol. The first-order valence-electron chi connectivity index (χ1n) is 6.99. The summed E-state index contributed by atoms with van der Waals surface area (Å²) < 4.78 is 96.0. The number of aromatic nitrogens is 1. The number of thiophene rings is 1. The fourth-order valence-electron chi connectivity index (χ4n) is 2.85. The molecule has 0 saturated heterocycles. The number of allylic oxidation sites excluding steroid dienone is 2. The smallest absolute Gasteiger partial charge is 0.265 e. The second-order valence-electron chi connectivity index (χ2n) is 5.64. The predicted molar refractivity (Wildman–Crippen MR) is 79.9 cm³/mol. The van der Waals surface area contributed by atoms with Crippen molar-refractivity contribution >= 4 is 16.9 Å². The first kappa shape index (κ1) is 17.9. The zero-order valence-electron chi connectivity index (χ0n) is 12.8. The average molecular weight is 381 g/mol. The molecule has 9 heteroatoms. The highest BCUT2D eigenvalue weighted by atomic mass is 32.1. The van der Waals surface area contributed by atoms with Gasteiger partial charge in [-0.3, -0.25) is 4.98 Å². The van der Waals surface area contributed by atoms with Crippen molar-refractivity contribution in [3.05, 3.63) is 46.4 Å². The molecule has 0 saturated carbocycles. The second kappa shape index (κ2) is 5.30. The Hall–Kier alpha value is -1.90. The highest BCUT2D eigenvalue weighted by Crippen LogP contribution is 2.63. The van der Waals surface area contributed by atoms with Gasteiger partial charge < -0.3 is 0 Å². The van der Waals surface area contributed by atoms with Crippen molar-refractivity contribution in [2.24, 2.45) is 0 Å². The zero-order valence-corrected chi connectivity index (χ0v) is 13.6. The van der Waals surface area contributed by atoms with Gasteiger partial charge in [0.1, 0.15) is 0 Å². The van der Waals surface area contributed by atoms with Gasteiger partial charge in [0.05, 0.1) is 5.57 Å². The normalized spacial score (nSPS) is 21.0. The molecule has 1 nitrogen and oxygen atoms in total. The van der Waals surface area contributed by atoms with E-state index < -0.39 is 34.7 Å². The van der Waals surface area contributed by atoms with Crippen LogP contribution in [0, 0.1) is 13.8 Å². The quantitative estimate of drug-likeness (QED) is 0.579. The molecule has 1 aliphatic rings. The van der Waals surface area contributed by atoms with E-state index in [0.717, 1.165) is 11.3 Å². The number of alkyl halides is 6. The lowest BCUT2D eigenvalue weighted by Crippen LogP contribution is -2.48. The lowest BCUT2D eigenvalue weighted by molar-refractivity contribution is -0.263. The van der Waals surface area contributed by atoms with Gasteiger partial charge in [-0.1, -0.05) is 0 Å². The van der Waals surface area contributed by atoms with Crippen LogP contribution in [0.5, 0.6) is 0 Å². The van der Waals surface area contributed by atoms with Crippen molar-refractivity contribution in [3.63, 3.8) is 0 Å².